The van der Waals surface area contributed by atoms with E-state index in [9.17, 15) is 0 Å². The van der Waals surface area contributed by atoms with Gasteiger partial charge in [-0.2, -0.15) is 24.4 Å². The van der Waals surface area contributed by atoms with Crippen LogP contribution in [0.2, 0.25) is 0 Å². The van der Waals surface area contributed by atoms with E-state index < -0.39 is 0 Å². The van der Waals surface area contributed by atoms with Crippen molar-refractivity contribution in [3.05, 3.63) is 0 Å². The van der Waals surface area contributed by atoms with Gasteiger partial charge in [0.15, 0.2) is 0 Å². The van der Waals surface area contributed by atoms with E-state index >= 15 is 0 Å². The lowest BCUT2D eigenvalue weighted by atomic mass is 9.83. The summed E-state index contributed by atoms with van der Waals surface area (Å²) in [6.07, 6.45) is 6.32. The van der Waals surface area contributed by atoms with Crippen molar-refractivity contribution in [1.29, 1.82) is 0 Å². The first-order chi connectivity index (χ1) is 4.33. The number of hydrogen-bond acceptors (Lipinski definition) is 2. The van der Waals surface area contributed by atoms with E-state index in [-0.39, 0.29) is 0 Å². The molecule has 0 aromatic rings. The molecule has 0 aromatic heterocycles. The molecule has 0 saturated heterocycles. The number of thioether (sulfide) groups is 1. The Hall–Kier alpha value is 0.700. The highest BCUT2D eigenvalue weighted by Crippen LogP contribution is 2.34. The normalized spacial score (nSPS) is 34.0. The van der Waals surface area contributed by atoms with E-state index in [4.69, 9.17) is 0 Å². The molecule has 0 nitrogen and oxygen atoms in total. The van der Waals surface area contributed by atoms with Crippen molar-refractivity contribution in [3.63, 3.8) is 0 Å². The molecule has 0 aromatic carbocycles. The van der Waals surface area contributed by atoms with Crippen LogP contribution in [0.25, 0.3) is 0 Å². The quantitative estimate of drug-likeness (QED) is 0.622. The highest BCUT2D eigenvalue weighted by Gasteiger charge is 2.24. The zero-order valence-corrected chi connectivity index (χ0v) is 7.55. The Kier molecular flexibility index (Phi) is 3.27. The van der Waals surface area contributed by atoms with Crippen molar-refractivity contribution in [2.75, 3.05) is 12.0 Å². The first-order valence-corrected chi connectivity index (χ1v) is 5.41. The van der Waals surface area contributed by atoms with Crippen LogP contribution in [0.4, 0.5) is 0 Å². The molecule has 2 heteroatoms. The predicted molar refractivity (Wildman–Crippen MR) is 48.5 cm³/mol. The maximum atomic E-state index is 4.36. The topological polar surface area (TPSA) is 0 Å². The predicted octanol–water partition coefficient (Wildman–Crippen LogP) is 2.45. The third-order valence-corrected chi connectivity index (χ3v) is 3.01. The lowest BCUT2D eigenvalue weighted by molar-refractivity contribution is 0.323. The molecule has 1 saturated carbocycles. The van der Waals surface area contributed by atoms with Crippen molar-refractivity contribution in [2.24, 2.45) is 5.92 Å². The minimum absolute atomic E-state index is 0.733. The molecule has 0 heterocycles. The van der Waals surface area contributed by atoms with Gasteiger partial charge in [-0.15, -0.1) is 0 Å². The second kappa shape index (κ2) is 3.77. The first-order valence-electron chi connectivity index (χ1n) is 3.50. The zero-order chi connectivity index (χ0) is 6.69. The zero-order valence-electron chi connectivity index (χ0n) is 5.84. The van der Waals surface area contributed by atoms with Crippen LogP contribution in [0.1, 0.15) is 19.3 Å². The molecule has 1 rings (SSSR count). The van der Waals surface area contributed by atoms with Gasteiger partial charge in [0, 0.05) is 5.25 Å². The van der Waals surface area contributed by atoms with Gasteiger partial charge >= 0.3 is 0 Å². The van der Waals surface area contributed by atoms with Crippen LogP contribution in [0.15, 0.2) is 0 Å². The summed E-state index contributed by atoms with van der Waals surface area (Å²) in [6.45, 7) is 0. The minimum Gasteiger partial charge on any atom is -0.176 e. The first kappa shape index (κ1) is 7.80. The second-order valence-electron chi connectivity index (χ2n) is 2.77. The number of thiol groups is 1. The van der Waals surface area contributed by atoms with E-state index in [1.54, 1.807) is 0 Å². The second-order valence-corrected chi connectivity index (χ2v) is 4.49. The fraction of sp³-hybridized carbons (Fsp3) is 1.00. The monoisotopic (exact) mass is 162 g/mol. The molecule has 0 spiro atoms. The number of hydrogen-bond donors (Lipinski definition) is 1. The van der Waals surface area contributed by atoms with Gasteiger partial charge in [-0.25, -0.2) is 0 Å². The Labute approximate surface area is 67.2 Å². The van der Waals surface area contributed by atoms with E-state index in [0.717, 1.165) is 11.2 Å². The standard InChI is InChI=1S/C7H14S2/c1-9-3-2-6-4-7(8)5-6/h6-8H,2-5H2,1H3. The van der Waals surface area contributed by atoms with Gasteiger partial charge in [0.25, 0.3) is 0 Å². The minimum atomic E-state index is 0.733. The Balaban J connectivity index is 1.91. The van der Waals surface area contributed by atoms with Crippen LogP contribution in [0, 0.1) is 5.92 Å². The summed E-state index contributed by atoms with van der Waals surface area (Å²) >= 11 is 6.31. The van der Waals surface area contributed by atoms with Gasteiger partial charge < -0.3 is 0 Å². The van der Waals surface area contributed by atoms with Gasteiger partial charge in [0.05, 0.1) is 0 Å². The van der Waals surface area contributed by atoms with Gasteiger partial charge in [-0.3, -0.25) is 0 Å². The molecule has 9 heavy (non-hydrogen) atoms. The summed E-state index contributed by atoms with van der Waals surface area (Å²) in [5.74, 6) is 2.35. The summed E-state index contributed by atoms with van der Waals surface area (Å²) < 4.78 is 0. The van der Waals surface area contributed by atoms with E-state index in [1.807, 2.05) is 11.8 Å². The maximum Gasteiger partial charge on any atom is 0.00221 e. The summed E-state index contributed by atoms with van der Waals surface area (Å²) in [5, 5.41) is 0.733. The molecule has 0 atom stereocenters. The Bertz CT molecular complexity index is 77.0. The van der Waals surface area contributed by atoms with Crippen LogP contribution in [-0.2, 0) is 0 Å². The average Bonchev–Trinajstić information content (AvgIpc) is 1.78. The van der Waals surface area contributed by atoms with Crippen molar-refractivity contribution < 1.29 is 0 Å². The van der Waals surface area contributed by atoms with Gasteiger partial charge in [0.2, 0.25) is 0 Å². The fourth-order valence-corrected chi connectivity index (χ4v) is 2.39. The molecule has 1 aliphatic carbocycles. The SMILES string of the molecule is CSCCC1CC(S)C1. The molecule has 1 aliphatic rings. The largest absolute Gasteiger partial charge is 0.176 e. The highest BCUT2D eigenvalue weighted by molar-refractivity contribution is 7.98. The molecular weight excluding hydrogens is 148 g/mol. The number of rotatable bonds is 3. The van der Waals surface area contributed by atoms with Crippen molar-refractivity contribution >= 4 is 24.4 Å². The molecule has 0 bridgehead atoms. The summed E-state index contributed by atoms with van der Waals surface area (Å²) in [7, 11) is 0. The molecule has 1 fully saturated rings. The van der Waals surface area contributed by atoms with Gasteiger partial charge in [-0.1, -0.05) is 0 Å². The Morgan fingerprint density at radius 3 is 2.67 bits per heavy atom. The summed E-state index contributed by atoms with van der Waals surface area (Å²) in [4.78, 5) is 0. The smallest absolute Gasteiger partial charge is 0.00221 e. The third-order valence-electron chi connectivity index (χ3n) is 1.94. The van der Waals surface area contributed by atoms with Crippen LogP contribution in [0.5, 0.6) is 0 Å². The molecule has 0 N–H and O–H groups in total. The third kappa shape index (κ3) is 2.42. The summed E-state index contributed by atoms with van der Waals surface area (Å²) in [5.41, 5.74) is 0. The summed E-state index contributed by atoms with van der Waals surface area (Å²) in [6, 6.07) is 0. The molecule has 0 unspecified atom stereocenters. The lowest BCUT2D eigenvalue weighted by Crippen LogP contribution is -2.24. The Morgan fingerprint density at radius 2 is 2.22 bits per heavy atom. The van der Waals surface area contributed by atoms with Crippen LogP contribution in [0.3, 0.4) is 0 Å². The van der Waals surface area contributed by atoms with Gasteiger partial charge in [0.1, 0.15) is 0 Å². The lowest BCUT2D eigenvalue weighted by Gasteiger charge is -2.31. The molecule has 54 valence electrons. The Morgan fingerprint density at radius 1 is 1.56 bits per heavy atom. The molecule has 0 radical (unpaired) electrons. The highest BCUT2D eigenvalue weighted by atomic mass is 32.2. The van der Waals surface area contributed by atoms with Gasteiger partial charge in [-0.05, 0) is 37.2 Å². The van der Waals surface area contributed by atoms with Crippen molar-refractivity contribution in [1.82, 2.24) is 0 Å². The van der Waals surface area contributed by atoms with Crippen molar-refractivity contribution in [2.45, 2.75) is 24.5 Å². The van der Waals surface area contributed by atoms with Crippen LogP contribution in [-0.4, -0.2) is 17.3 Å². The van der Waals surface area contributed by atoms with E-state index in [2.05, 4.69) is 18.9 Å². The van der Waals surface area contributed by atoms with E-state index in [0.29, 0.717) is 0 Å². The van der Waals surface area contributed by atoms with Crippen LogP contribution < -0.4 is 0 Å². The molecule has 0 amide bonds. The molecular formula is C7H14S2. The van der Waals surface area contributed by atoms with Crippen LogP contribution >= 0.6 is 24.4 Å². The van der Waals surface area contributed by atoms with E-state index in [1.165, 1.54) is 25.0 Å². The van der Waals surface area contributed by atoms with Crippen molar-refractivity contribution in [3.8, 4) is 0 Å². The fourth-order valence-electron chi connectivity index (χ4n) is 1.22. The molecule has 0 aliphatic heterocycles. The average molecular weight is 162 g/mol. The maximum absolute atomic E-state index is 4.36.